The molecule has 0 saturated carbocycles. The van der Waals surface area contributed by atoms with Gasteiger partial charge < -0.3 is 11.1 Å². The number of hydrogen-bond donors (Lipinski definition) is 2. The SMILES string of the molecule is Cc1cc(NC(=O)CC(C)(C)N)n(C)n1. The second-order valence-corrected chi connectivity index (χ2v) is 4.51. The van der Waals surface area contributed by atoms with E-state index < -0.39 is 5.54 Å². The van der Waals surface area contributed by atoms with Gasteiger partial charge in [0.15, 0.2) is 0 Å². The van der Waals surface area contributed by atoms with Gasteiger partial charge in [0.1, 0.15) is 5.82 Å². The first-order valence-electron chi connectivity index (χ1n) is 4.87. The molecule has 3 N–H and O–H groups in total. The molecule has 0 aromatic carbocycles. The lowest BCUT2D eigenvalue weighted by atomic mass is 10.0. The van der Waals surface area contributed by atoms with E-state index in [-0.39, 0.29) is 12.3 Å². The monoisotopic (exact) mass is 210 g/mol. The molecular formula is C10H18N4O. The summed E-state index contributed by atoms with van der Waals surface area (Å²) in [5, 5.41) is 6.90. The molecule has 15 heavy (non-hydrogen) atoms. The molecule has 0 aliphatic carbocycles. The van der Waals surface area contributed by atoms with Crippen LogP contribution in [0, 0.1) is 6.92 Å². The fourth-order valence-corrected chi connectivity index (χ4v) is 1.33. The summed E-state index contributed by atoms with van der Waals surface area (Å²) in [6.45, 7) is 5.52. The minimum Gasteiger partial charge on any atom is -0.325 e. The quantitative estimate of drug-likeness (QED) is 0.774. The molecule has 0 aliphatic rings. The number of hydrogen-bond acceptors (Lipinski definition) is 3. The van der Waals surface area contributed by atoms with Gasteiger partial charge in [-0.25, -0.2) is 0 Å². The van der Waals surface area contributed by atoms with Gasteiger partial charge in [0.2, 0.25) is 5.91 Å². The van der Waals surface area contributed by atoms with Crippen LogP contribution in [0.1, 0.15) is 26.0 Å². The molecule has 5 heteroatoms. The maximum atomic E-state index is 11.6. The number of carbonyl (C=O) groups excluding carboxylic acids is 1. The highest BCUT2D eigenvalue weighted by atomic mass is 16.1. The lowest BCUT2D eigenvalue weighted by Crippen LogP contribution is -2.36. The highest BCUT2D eigenvalue weighted by molar-refractivity contribution is 5.90. The van der Waals surface area contributed by atoms with Crippen molar-refractivity contribution in [3.05, 3.63) is 11.8 Å². The molecule has 0 spiro atoms. The molecule has 1 rings (SSSR count). The minimum absolute atomic E-state index is 0.0921. The normalized spacial score (nSPS) is 11.5. The van der Waals surface area contributed by atoms with Gasteiger partial charge in [-0.1, -0.05) is 0 Å². The average Bonchev–Trinajstić information content (AvgIpc) is 2.25. The molecule has 1 heterocycles. The van der Waals surface area contributed by atoms with Crippen LogP contribution in [0.25, 0.3) is 0 Å². The summed E-state index contributed by atoms with van der Waals surface area (Å²) < 4.78 is 1.64. The smallest absolute Gasteiger partial charge is 0.227 e. The molecule has 0 bridgehead atoms. The number of nitrogens with two attached hydrogens (primary N) is 1. The number of aromatic nitrogens is 2. The molecule has 0 unspecified atom stereocenters. The zero-order valence-corrected chi connectivity index (χ0v) is 9.66. The van der Waals surface area contributed by atoms with Crippen LogP contribution in [-0.2, 0) is 11.8 Å². The Morgan fingerprint density at radius 3 is 2.67 bits per heavy atom. The summed E-state index contributed by atoms with van der Waals surface area (Å²) >= 11 is 0. The Morgan fingerprint density at radius 1 is 1.67 bits per heavy atom. The van der Waals surface area contributed by atoms with E-state index in [4.69, 9.17) is 5.73 Å². The molecule has 1 aromatic heterocycles. The van der Waals surface area contributed by atoms with Gasteiger partial charge in [-0.05, 0) is 20.8 Å². The van der Waals surface area contributed by atoms with E-state index >= 15 is 0 Å². The lowest BCUT2D eigenvalue weighted by Gasteiger charge is -2.17. The molecule has 0 saturated heterocycles. The van der Waals surface area contributed by atoms with Crippen molar-refractivity contribution in [3.8, 4) is 0 Å². The van der Waals surface area contributed by atoms with Crippen LogP contribution < -0.4 is 11.1 Å². The molecule has 1 amide bonds. The fraction of sp³-hybridized carbons (Fsp3) is 0.600. The third kappa shape index (κ3) is 3.71. The van der Waals surface area contributed by atoms with Gasteiger partial charge in [0.25, 0.3) is 0 Å². The van der Waals surface area contributed by atoms with Gasteiger partial charge >= 0.3 is 0 Å². The van der Waals surface area contributed by atoms with Crippen molar-refractivity contribution in [1.29, 1.82) is 0 Å². The van der Waals surface area contributed by atoms with E-state index in [1.807, 2.05) is 26.8 Å². The van der Waals surface area contributed by atoms with Crippen LogP contribution in [0.5, 0.6) is 0 Å². The van der Waals surface area contributed by atoms with Gasteiger partial charge in [-0.2, -0.15) is 5.10 Å². The van der Waals surface area contributed by atoms with Crippen molar-refractivity contribution in [2.75, 3.05) is 5.32 Å². The first kappa shape index (κ1) is 11.7. The Morgan fingerprint density at radius 2 is 2.27 bits per heavy atom. The molecule has 84 valence electrons. The van der Waals surface area contributed by atoms with Crippen molar-refractivity contribution in [1.82, 2.24) is 9.78 Å². The largest absolute Gasteiger partial charge is 0.325 e. The topological polar surface area (TPSA) is 72.9 Å². The third-order valence-corrected chi connectivity index (χ3v) is 1.89. The Balaban J connectivity index is 2.63. The standard InChI is InChI=1S/C10H18N4O/c1-7-5-8(14(4)13-7)12-9(15)6-10(2,3)11/h5H,6,11H2,1-4H3,(H,12,15). The molecule has 0 fully saturated rings. The van der Waals surface area contributed by atoms with Crippen LogP contribution in [-0.4, -0.2) is 21.2 Å². The number of amides is 1. The Bertz CT molecular complexity index is 362. The molecule has 0 aliphatic heterocycles. The number of aryl methyl sites for hydroxylation is 2. The Kier molecular flexibility index (Phi) is 3.14. The van der Waals surface area contributed by atoms with Crippen LogP contribution in [0.4, 0.5) is 5.82 Å². The van der Waals surface area contributed by atoms with E-state index in [1.54, 1.807) is 11.7 Å². The predicted molar refractivity (Wildman–Crippen MR) is 59.5 cm³/mol. The number of nitrogens with one attached hydrogen (secondary N) is 1. The molecule has 1 aromatic rings. The number of anilines is 1. The van der Waals surface area contributed by atoms with Crippen molar-refractivity contribution in [2.45, 2.75) is 32.7 Å². The van der Waals surface area contributed by atoms with E-state index in [2.05, 4.69) is 10.4 Å². The van der Waals surface area contributed by atoms with E-state index in [0.717, 1.165) is 5.69 Å². The lowest BCUT2D eigenvalue weighted by molar-refractivity contribution is -0.117. The highest BCUT2D eigenvalue weighted by Crippen LogP contribution is 2.10. The van der Waals surface area contributed by atoms with Crippen molar-refractivity contribution in [2.24, 2.45) is 12.8 Å². The predicted octanol–water partition coefficient (Wildman–Crippen LogP) is 0.794. The highest BCUT2D eigenvalue weighted by Gasteiger charge is 2.17. The number of nitrogens with zero attached hydrogens (tertiary/aromatic N) is 2. The Labute approximate surface area is 89.6 Å². The van der Waals surface area contributed by atoms with Crippen LogP contribution in [0.2, 0.25) is 0 Å². The summed E-state index contributed by atoms with van der Waals surface area (Å²) in [6.07, 6.45) is 0.289. The van der Waals surface area contributed by atoms with Crippen LogP contribution in [0.15, 0.2) is 6.07 Å². The summed E-state index contributed by atoms with van der Waals surface area (Å²) in [4.78, 5) is 11.6. The molecule has 0 radical (unpaired) electrons. The summed E-state index contributed by atoms with van der Waals surface area (Å²) in [6, 6.07) is 1.82. The van der Waals surface area contributed by atoms with Crippen molar-refractivity contribution >= 4 is 11.7 Å². The second kappa shape index (κ2) is 4.02. The van der Waals surface area contributed by atoms with Gasteiger partial charge in [0.05, 0.1) is 5.69 Å². The summed E-state index contributed by atoms with van der Waals surface area (Å²) in [5.74, 6) is 0.604. The maximum absolute atomic E-state index is 11.6. The molecule has 0 atom stereocenters. The number of carbonyl (C=O) groups is 1. The average molecular weight is 210 g/mol. The first-order chi connectivity index (χ1) is 6.78. The molecular weight excluding hydrogens is 192 g/mol. The maximum Gasteiger partial charge on any atom is 0.227 e. The molecule has 5 nitrogen and oxygen atoms in total. The first-order valence-corrected chi connectivity index (χ1v) is 4.87. The van der Waals surface area contributed by atoms with E-state index in [1.165, 1.54) is 0 Å². The van der Waals surface area contributed by atoms with Crippen LogP contribution in [0.3, 0.4) is 0 Å². The fourth-order valence-electron chi connectivity index (χ4n) is 1.33. The van der Waals surface area contributed by atoms with Gasteiger partial charge in [-0.3, -0.25) is 9.48 Å². The summed E-state index contributed by atoms with van der Waals surface area (Å²) in [5.41, 5.74) is 6.14. The van der Waals surface area contributed by atoms with Crippen molar-refractivity contribution in [3.63, 3.8) is 0 Å². The zero-order valence-electron chi connectivity index (χ0n) is 9.66. The van der Waals surface area contributed by atoms with Crippen molar-refractivity contribution < 1.29 is 4.79 Å². The van der Waals surface area contributed by atoms with E-state index in [0.29, 0.717) is 5.82 Å². The van der Waals surface area contributed by atoms with Gasteiger partial charge in [0, 0.05) is 25.1 Å². The zero-order chi connectivity index (χ0) is 11.6. The second-order valence-electron chi connectivity index (χ2n) is 4.51. The Hall–Kier alpha value is -1.36. The number of rotatable bonds is 3. The third-order valence-electron chi connectivity index (χ3n) is 1.89. The minimum atomic E-state index is -0.488. The van der Waals surface area contributed by atoms with E-state index in [9.17, 15) is 4.79 Å². The van der Waals surface area contributed by atoms with Crippen LogP contribution >= 0.6 is 0 Å². The summed E-state index contributed by atoms with van der Waals surface area (Å²) in [7, 11) is 1.79. The van der Waals surface area contributed by atoms with Gasteiger partial charge in [-0.15, -0.1) is 0 Å².